The summed E-state index contributed by atoms with van der Waals surface area (Å²) < 4.78 is 33.5. The summed E-state index contributed by atoms with van der Waals surface area (Å²) >= 11 is -1.72. The van der Waals surface area contributed by atoms with Crippen molar-refractivity contribution in [3.63, 3.8) is 0 Å². The number of aromatic nitrogens is 4. The fourth-order valence-electron chi connectivity index (χ4n) is 8.18. The van der Waals surface area contributed by atoms with Crippen molar-refractivity contribution in [2.45, 2.75) is 63.7 Å². The Bertz CT molecular complexity index is 3290. The fraction of sp³-hybridized carbons (Fsp3) is 0.175. The van der Waals surface area contributed by atoms with Crippen LogP contribution in [0.2, 0.25) is 17.3 Å². The van der Waals surface area contributed by atoms with E-state index in [1.54, 1.807) is 24.3 Å². The Morgan fingerprint density at radius 1 is 0.641 bits per heavy atom. The molecule has 4 aromatic heterocycles. The van der Waals surface area contributed by atoms with Crippen LogP contribution in [0.3, 0.4) is 0 Å². The zero-order valence-electron chi connectivity index (χ0n) is 40.2. The van der Waals surface area contributed by atoms with Gasteiger partial charge in [0.15, 0.2) is 0 Å². The molecule has 0 aliphatic rings. The Hall–Kier alpha value is -5.92. The van der Waals surface area contributed by atoms with Crippen molar-refractivity contribution >= 4 is 50.8 Å². The van der Waals surface area contributed by atoms with Crippen molar-refractivity contribution in [2.24, 2.45) is 0 Å². The van der Waals surface area contributed by atoms with Crippen molar-refractivity contribution in [3.05, 3.63) is 187 Å². The van der Waals surface area contributed by atoms with E-state index in [0.29, 0.717) is 22.6 Å². The summed E-state index contributed by atoms with van der Waals surface area (Å²) in [6.45, 7) is 6.85. The zero-order valence-corrected chi connectivity index (χ0v) is 41.7. The molecule has 10 rings (SSSR count). The molecule has 0 amide bonds. The summed E-state index contributed by atoms with van der Waals surface area (Å²) in [4.78, 5) is 14.7. The van der Waals surface area contributed by atoms with Gasteiger partial charge in [0.2, 0.25) is 5.71 Å². The summed E-state index contributed by atoms with van der Waals surface area (Å²) in [6, 6.07) is 57.3. The van der Waals surface area contributed by atoms with Crippen LogP contribution in [0, 0.1) is 19.0 Å². The molecule has 4 heterocycles. The van der Waals surface area contributed by atoms with Crippen molar-refractivity contribution < 1.29 is 28.6 Å². The Labute approximate surface area is 397 Å². The standard InChI is InChI=1S/C43H36N3O.C14H16GeN.Ir/c1-26(2)35-24-31(29-12-7-6-8-13-29)25-36(27(3)4)40(35)46-39-17-10-9-16-38(39)44-42(46)34-15-11-14-32-33-22-23-37(45-43(33)47-41(32)34)30-20-18-28(5)19-21-30;1-15(2,3)13-9-10-14(16-11-13)12-7-5-4-6-8-12;/h6-14,16-27H,1-5H3;4-7,9-11H,1-3H3;/q2*-1;/i5D3;;. The van der Waals surface area contributed by atoms with Crippen molar-refractivity contribution in [3.8, 4) is 50.7 Å². The van der Waals surface area contributed by atoms with Crippen LogP contribution in [0.25, 0.3) is 83.8 Å². The maximum atomic E-state index is 7.72. The predicted octanol–water partition coefficient (Wildman–Crippen LogP) is 14.8. The average Bonchev–Trinajstić information content (AvgIpc) is 3.90. The van der Waals surface area contributed by atoms with Crippen LogP contribution in [0.1, 0.15) is 60.3 Å². The van der Waals surface area contributed by atoms with Crippen molar-refractivity contribution in [2.75, 3.05) is 0 Å². The largest absolute Gasteiger partial charge is 0 e. The van der Waals surface area contributed by atoms with E-state index in [1.807, 2.05) is 60.8 Å². The van der Waals surface area contributed by atoms with E-state index < -0.39 is 20.1 Å². The van der Waals surface area contributed by atoms with Gasteiger partial charge in [0, 0.05) is 40.9 Å². The molecule has 321 valence electrons. The number of hydrogen-bond donors (Lipinski definition) is 0. The van der Waals surface area contributed by atoms with E-state index in [2.05, 4.69) is 139 Å². The first-order chi connectivity index (χ1) is 31.7. The number of pyridine rings is 2. The van der Waals surface area contributed by atoms with E-state index in [-0.39, 0.29) is 31.9 Å². The Kier molecular flexibility index (Phi) is 11.9. The summed E-state index contributed by atoms with van der Waals surface area (Å²) in [5.41, 5.74) is 13.7. The molecule has 0 aliphatic carbocycles. The molecule has 0 atom stereocenters. The van der Waals surface area contributed by atoms with Crippen LogP contribution >= 0.6 is 0 Å². The second-order valence-corrected chi connectivity index (χ2v) is 28.4. The van der Waals surface area contributed by atoms with Crippen molar-refractivity contribution in [1.29, 1.82) is 0 Å². The number of furan rings is 1. The molecule has 0 saturated carbocycles. The molecule has 1 radical (unpaired) electrons. The monoisotopic (exact) mass is 1080 g/mol. The summed E-state index contributed by atoms with van der Waals surface area (Å²) in [6.07, 6.45) is 2.04. The van der Waals surface area contributed by atoms with Crippen LogP contribution < -0.4 is 4.40 Å². The van der Waals surface area contributed by atoms with Gasteiger partial charge in [-0.3, -0.25) is 4.98 Å². The van der Waals surface area contributed by atoms with E-state index >= 15 is 0 Å². The molecular weight excluding hydrogens is 1020 g/mol. The third-order valence-corrected chi connectivity index (χ3v) is 15.9. The van der Waals surface area contributed by atoms with Gasteiger partial charge in [0.25, 0.3) is 0 Å². The number of imidazole rings is 1. The fourth-order valence-corrected chi connectivity index (χ4v) is 10.3. The van der Waals surface area contributed by atoms with Crippen LogP contribution in [-0.2, 0) is 20.1 Å². The van der Waals surface area contributed by atoms with Gasteiger partial charge in [-0.25, -0.2) is 4.98 Å². The summed E-state index contributed by atoms with van der Waals surface area (Å²) in [5, 5.41) is 1.82. The zero-order chi connectivity index (χ0) is 46.3. The molecule has 0 aliphatic heterocycles. The smallest absolute Gasteiger partial charge is 0 e. The van der Waals surface area contributed by atoms with Crippen LogP contribution in [-0.4, -0.2) is 32.8 Å². The van der Waals surface area contributed by atoms with Gasteiger partial charge in [-0.1, -0.05) is 111 Å². The third kappa shape index (κ3) is 8.92. The topological polar surface area (TPSA) is 56.7 Å². The van der Waals surface area contributed by atoms with Gasteiger partial charge in [-0.2, -0.15) is 0 Å². The molecule has 0 unspecified atom stereocenters. The van der Waals surface area contributed by atoms with E-state index in [1.165, 1.54) is 26.6 Å². The number of rotatable bonds is 8. The molecule has 7 heteroatoms. The maximum absolute atomic E-state index is 7.72. The Morgan fingerprint density at radius 2 is 1.34 bits per heavy atom. The number of fused-ring (bicyclic) bond motifs is 4. The first-order valence-corrected chi connectivity index (χ1v) is 29.0. The molecule has 0 N–H and O–H groups in total. The average molecular weight is 1080 g/mol. The summed E-state index contributed by atoms with van der Waals surface area (Å²) in [7, 11) is 0. The molecule has 6 aromatic carbocycles. The van der Waals surface area contributed by atoms with E-state index in [9.17, 15) is 0 Å². The minimum Gasteiger partial charge on any atom is 0 e. The first-order valence-electron chi connectivity index (χ1n) is 23.2. The molecular formula is C57H52GeIrN4O-2. The van der Waals surface area contributed by atoms with E-state index in [0.717, 1.165) is 55.7 Å². The SMILES string of the molecule is [2H]C([2H])([2H])c1ccc(-c2ccc3c(n2)oc2c(-c4nc5ccccc5n4-c4c(C(C)C)cc(-c5ccccc5)cc4C(C)C)[c-]ccc23)cc1.[CH3][Ge]([CH3])([CH3])[c]1ccc(-c2[c-]cccc2)nc1.[Ir]. The molecule has 10 aromatic rings. The molecule has 0 fully saturated rings. The molecule has 64 heavy (non-hydrogen) atoms. The third-order valence-electron chi connectivity index (χ3n) is 11.6. The van der Waals surface area contributed by atoms with E-state index in [4.69, 9.17) is 18.5 Å². The Morgan fingerprint density at radius 3 is 2.00 bits per heavy atom. The molecule has 0 bridgehead atoms. The number of benzene rings is 6. The molecule has 0 spiro atoms. The van der Waals surface area contributed by atoms with Gasteiger partial charge in [-0.05, 0) is 77.3 Å². The van der Waals surface area contributed by atoms with Crippen LogP contribution in [0.15, 0.2) is 162 Å². The van der Waals surface area contributed by atoms with Gasteiger partial charge in [-0.15, -0.1) is 18.2 Å². The van der Waals surface area contributed by atoms with Crippen LogP contribution in [0.5, 0.6) is 0 Å². The first kappa shape index (κ1) is 40.8. The molecule has 5 nitrogen and oxygen atoms in total. The number of nitrogens with zero attached hydrogens (tertiary/aromatic N) is 4. The van der Waals surface area contributed by atoms with Crippen LogP contribution in [0.4, 0.5) is 0 Å². The van der Waals surface area contributed by atoms with Gasteiger partial charge in [0.05, 0.1) is 28.1 Å². The maximum Gasteiger partial charge on any atom is 0 e. The minimum absolute atomic E-state index is 0. The number of aryl methyl sites for hydroxylation is 1. The Balaban J connectivity index is 0.000000303. The minimum atomic E-state index is -2.16. The van der Waals surface area contributed by atoms with Gasteiger partial charge >= 0.3 is 99.8 Å². The second kappa shape index (κ2) is 18.7. The molecule has 0 saturated heterocycles. The van der Waals surface area contributed by atoms with Gasteiger partial charge in [0.1, 0.15) is 0 Å². The number of para-hydroxylation sites is 2. The summed E-state index contributed by atoms with van der Waals surface area (Å²) in [5.74, 6) is 8.37. The normalized spacial score (nSPS) is 12.5. The predicted molar refractivity (Wildman–Crippen MR) is 266 cm³/mol. The van der Waals surface area contributed by atoms with Gasteiger partial charge < -0.3 is 8.98 Å². The quantitative estimate of drug-likeness (QED) is 0.112. The van der Waals surface area contributed by atoms with Crippen molar-refractivity contribution in [1.82, 2.24) is 19.5 Å². The second-order valence-electron chi connectivity index (χ2n) is 17.7. The number of hydrogen-bond acceptors (Lipinski definition) is 4.